The number of aliphatic carboxylic acids is 1. The van der Waals surface area contributed by atoms with Gasteiger partial charge in [0.05, 0.1) is 11.4 Å². The first-order valence-corrected chi connectivity index (χ1v) is 13.0. The Labute approximate surface area is 204 Å². The zero-order valence-corrected chi connectivity index (χ0v) is 21.7. The second kappa shape index (κ2) is 12.8. The van der Waals surface area contributed by atoms with E-state index in [0.29, 0.717) is 18.3 Å². The Balaban J connectivity index is 2.17. The predicted molar refractivity (Wildman–Crippen MR) is 131 cm³/mol. The minimum atomic E-state index is -0.962. The van der Waals surface area contributed by atoms with E-state index in [1.807, 2.05) is 12.1 Å². The largest absolute Gasteiger partial charge is 0.481 e. The topological polar surface area (TPSA) is 98.7 Å². The molecule has 3 N–H and O–H groups in total. The van der Waals surface area contributed by atoms with Gasteiger partial charge < -0.3 is 15.7 Å². The van der Waals surface area contributed by atoms with Crippen LogP contribution in [-0.4, -0.2) is 58.4 Å². The van der Waals surface area contributed by atoms with Crippen molar-refractivity contribution in [3.8, 4) is 0 Å². The number of carboxylic acid groups (broad SMARTS) is 1. The highest BCUT2D eigenvalue weighted by Crippen LogP contribution is 2.33. The summed E-state index contributed by atoms with van der Waals surface area (Å²) in [5.41, 5.74) is 1.62. The Morgan fingerprint density at radius 1 is 1.23 bits per heavy atom. The molecule has 172 valence electrons. The van der Waals surface area contributed by atoms with Crippen molar-refractivity contribution >= 4 is 67.1 Å². The fourth-order valence-electron chi connectivity index (χ4n) is 3.71. The quantitative estimate of drug-likeness (QED) is 0.384. The van der Waals surface area contributed by atoms with Crippen LogP contribution in [0.25, 0.3) is 0 Å². The molecule has 1 aromatic carbocycles. The maximum atomic E-state index is 13.0. The fraction of sp³-hybridized carbons (Fsp3) is 0.571. The Kier molecular flexibility index (Phi) is 10.8. The highest BCUT2D eigenvalue weighted by molar-refractivity contribution is 9.11. The number of amides is 2. The average molecular weight is 579 g/mol. The molecule has 0 spiro atoms. The molecule has 2 amide bonds. The molecule has 1 atom stereocenters. The molecule has 1 aromatic rings. The summed E-state index contributed by atoms with van der Waals surface area (Å²) in [6, 6.07) is 3.55. The number of carboxylic acids is 1. The Hall–Kier alpha value is -1.10. The first kappa shape index (κ1) is 26.2. The van der Waals surface area contributed by atoms with Crippen LogP contribution in [-0.2, 0) is 20.9 Å². The normalized spacial score (nSPS) is 15.5. The van der Waals surface area contributed by atoms with Gasteiger partial charge in [-0.3, -0.25) is 19.3 Å². The van der Waals surface area contributed by atoms with Crippen molar-refractivity contribution in [2.24, 2.45) is 0 Å². The molecular formula is C21H29Br2N3O4S. The lowest BCUT2D eigenvalue weighted by Crippen LogP contribution is -2.45. The summed E-state index contributed by atoms with van der Waals surface area (Å²) in [6.07, 6.45) is 6.14. The van der Waals surface area contributed by atoms with Crippen molar-refractivity contribution in [1.29, 1.82) is 0 Å². The molecule has 1 aliphatic carbocycles. The lowest BCUT2D eigenvalue weighted by Gasteiger charge is -2.32. The molecule has 0 unspecified atom stereocenters. The van der Waals surface area contributed by atoms with E-state index in [0.717, 1.165) is 26.3 Å². The van der Waals surface area contributed by atoms with Crippen molar-refractivity contribution in [2.75, 3.05) is 23.9 Å². The van der Waals surface area contributed by atoms with Crippen LogP contribution >= 0.6 is 43.6 Å². The van der Waals surface area contributed by atoms with Crippen molar-refractivity contribution in [3.05, 3.63) is 26.6 Å². The van der Waals surface area contributed by atoms with Gasteiger partial charge in [-0.2, -0.15) is 0 Å². The summed E-state index contributed by atoms with van der Waals surface area (Å²) < 4.78 is 1.64. The van der Waals surface area contributed by atoms with Gasteiger partial charge in [-0.1, -0.05) is 35.2 Å². The Morgan fingerprint density at radius 2 is 1.90 bits per heavy atom. The molecule has 1 fully saturated rings. The summed E-state index contributed by atoms with van der Waals surface area (Å²) in [5.74, 6) is -1.65. The number of hydrogen-bond donors (Lipinski definition) is 3. The van der Waals surface area contributed by atoms with Gasteiger partial charge in [-0.25, -0.2) is 0 Å². The van der Waals surface area contributed by atoms with Crippen LogP contribution in [0.15, 0.2) is 21.1 Å². The molecule has 10 heteroatoms. The van der Waals surface area contributed by atoms with E-state index in [1.54, 1.807) is 0 Å². The highest BCUT2D eigenvalue weighted by atomic mass is 79.9. The zero-order chi connectivity index (χ0) is 23.0. The van der Waals surface area contributed by atoms with E-state index < -0.39 is 12.0 Å². The van der Waals surface area contributed by atoms with E-state index in [1.165, 1.54) is 39.0 Å². The SMILES string of the molecule is CC(=O)N[C@@H](CSCC(=O)O)C(=O)Nc1c(Br)cc(Br)cc1CN(C)C1CCCCC1. The van der Waals surface area contributed by atoms with Gasteiger partial charge >= 0.3 is 5.97 Å². The summed E-state index contributed by atoms with van der Waals surface area (Å²) in [7, 11) is 2.11. The van der Waals surface area contributed by atoms with Crippen LogP contribution in [0, 0.1) is 0 Å². The minimum absolute atomic E-state index is 0.136. The van der Waals surface area contributed by atoms with E-state index >= 15 is 0 Å². The molecule has 31 heavy (non-hydrogen) atoms. The van der Waals surface area contributed by atoms with Crippen molar-refractivity contribution in [1.82, 2.24) is 10.2 Å². The maximum absolute atomic E-state index is 13.0. The number of rotatable bonds is 10. The molecule has 1 aliphatic rings. The van der Waals surface area contributed by atoms with Crippen LogP contribution in [0.5, 0.6) is 0 Å². The van der Waals surface area contributed by atoms with Crippen LogP contribution in [0.2, 0.25) is 0 Å². The van der Waals surface area contributed by atoms with Crippen molar-refractivity contribution < 1.29 is 19.5 Å². The van der Waals surface area contributed by atoms with Crippen LogP contribution < -0.4 is 10.6 Å². The second-order valence-electron chi connectivity index (χ2n) is 7.78. The number of halogens is 2. The average Bonchev–Trinajstić information content (AvgIpc) is 2.69. The van der Waals surface area contributed by atoms with Crippen molar-refractivity contribution in [3.63, 3.8) is 0 Å². The monoisotopic (exact) mass is 577 g/mol. The minimum Gasteiger partial charge on any atom is -0.481 e. The van der Waals surface area contributed by atoms with Crippen LogP contribution in [0.4, 0.5) is 5.69 Å². The van der Waals surface area contributed by atoms with Gasteiger partial charge in [0.1, 0.15) is 6.04 Å². The molecular weight excluding hydrogens is 550 g/mol. The Bertz CT molecular complexity index is 803. The number of nitrogens with one attached hydrogen (secondary N) is 2. The van der Waals surface area contributed by atoms with Crippen LogP contribution in [0.3, 0.4) is 0 Å². The lowest BCUT2D eigenvalue weighted by molar-refractivity contribution is -0.134. The van der Waals surface area contributed by atoms with Crippen molar-refractivity contribution in [2.45, 2.75) is 57.7 Å². The second-order valence-corrected chi connectivity index (χ2v) is 10.6. The number of nitrogens with zero attached hydrogens (tertiary/aromatic N) is 1. The van der Waals surface area contributed by atoms with Gasteiger partial charge in [0, 0.05) is 34.2 Å². The number of anilines is 1. The van der Waals surface area contributed by atoms with Gasteiger partial charge in [0.25, 0.3) is 0 Å². The smallest absolute Gasteiger partial charge is 0.313 e. The molecule has 0 heterocycles. The van der Waals surface area contributed by atoms with Gasteiger partial charge in [0.2, 0.25) is 11.8 Å². The number of hydrogen-bond acceptors (Lipinski definition) is 5. The number of carbonyl (C=O) groups excluding carboxylic acids is 2. The van der Waals surface area contributed by atoms with Gasteiger partial charge in [0.15, 0.2) is 0 Å². The third-order valence-corrected chi connectivity index (χ3v) is 7.31. The number of benzene rings is 1. The maximum Gasteiger partial charge on any atom is 0.313 e. The lowest BCUT2D eigenvalue weighted by atomic mass is 9.94. The van der Waals surface area contributed by atoms with E-state index in [4.69, 9.17) is 5.11 Å². The van der Waals surface area contributed by atoms with E-state index in [-0.39, 0.29) is 23.3 Å². The van der Waals surface area contributed by atoms with Gasteiger partial charge in [-0.15, -0.1) is 11.8 Å². The zero-order valence-electron chi connectivity index (χ0n) is 17.7. The molecule has 0 radical (unpaired) electrons. The third kappa shape index (κ3) is 8.75. The molecule has 2 rings (SSSR count). The number of thioether (sulfide) groups is 1. The fourth-order valence-corrected chi connectivity index (χ4v) is 5.89. The first-order chi connectivity index (χ1) is 14.7. The summed E-state index contributed by atoms with van der Waals surface area (Å²) in [6.45, 7) is 2.01. The first-order valence-electron chi connectivity index (χ1n) is 10.2. The molecule has 1 saturated carbocycles. The standard InChI is InChI=1S/C21H29Br2N3O4S/c1-13(27)24-18(11-31-12-19(28)29)21(30)25-20-14(8-15(22)9-17(20)23)10-26(2)16-6-4-3-5-7-16/h8-9,16,18H,3-7,10-12H2,1-2H3,(H,24,27)(H,25,30)(H,28,29)/t18-/m0/s1. The van der Waals surface area contributed by atoms with E-state index in [9.17, 15) is 14.4 Å². The summed E-state index contributed by atoms with van der Waals surface area (Å²) in [5, 5.41) is 14.4. The third-order valence-electron chi connectivity index (χ3n) is 5.21. The van der Waals surface area contributed by atoms with Crippen LogP contribution in [0.1, 0.15) is 44.6 Å². The van der Waals surface area contributed by atoms with E-state index in [2.05, 4.69) is 54.4 Å². The molecule has 7 nitrogen and oxygen atoms in total. The molecule has 0 aromatic heterocycles. The summed E-state index contributed by atoms with van der Waals surface area (Å²) in [4.78, 5) is 37.7. The molecule has 0 saturated heterocycles. The molecule has 0 aliphatic heterocycles. The number of carbonyl (C=O) groups is 3. The predicted octanol–water partition coefficient (Wildman–Crippen LogP) is 4.24. The Morgan fingerprint density at radius 3 is 2.52 bits per heavy atom. The van der Waals surface area contributed by atoms with Gasteiger partial charge in [-0.05, 0) is 53.5 Å². The summed E-state index contributed by atoms with van der Waals surface area (Å²) >= 11 is 8.17. The molecule has 0 bridgehead atoms. The highest BCUT2D eigenvalue weighted by Gasteiger charge is 2.24.